The van der Waals surface area contributed by atoms with Crippen molar-refractivity contribution in [1.82, 2.24) is 5.32 Å². The van der Waals surface area contributed by atoms with Gasteiger partial charge in [-0.1, -0.05) is 12.1 Å². The Morgan fingerprint density at radius 1 is 1.18 bits per heavy atom. The van der Waals surface area contributed by atoms with Crippen LogP contribution < -0.4 is 10.1 Å². The van der Waals surface area contributed by atoms with Gasteiger partial charge >= 0.3 is 12.4 Å². The average Bonchev–Trinajstić information content (AvgIpc) is 3.15. The van der Waals surface area contributed by atoms with Crippen molar-refractivity contribution in [3.8, 4) is 11.8 Å². The van der Waals surface area contributed by atoms with E-state index >= 15 is 0 Å². The zero-order valence-corrected chi connectivity index (χ0v) is 18.0. The summed E-state index contributed by atoms with van der Waals surface area (Å²) in [5.41, 5.74) is -2.65. The zero-order valence-electron chi connectivity index (χ0n) is 17.2. The third kappa shape index (κ3) is 5.33. The van der Waals surface area contributed by atoms with E-state index in [0.29, 0.717) is 4.88 Å². The van der Waals surface area contributed by atoms with Gasteiger partial charge in [0.15, 0.2) is 5.54 Å². The van der Waals surface area contributed by atoms with Crippen molar-refractivity contribution in [2.24, 2.45) is 0 Å². The molecule has 1 aromatic carbocycles. The van der Waals surface area contributed by atoms with E-state index in [1.807, 2.05) is 5.32 Å². The molecular weight excluding hydrogens is 470 g/mol. The number of hydrogen-bond acceptors (Lipinski definition) is 4. The van der Waals surface area contributed by atoms with Crippen molar-refractivity contribution in [2.75, 3.05) is 6.61 Å². The summed E-state index contributed by atoms with van der Waals surface area (Å²) in [4.78, 5) is 13.0. The molecule has 0 saturated heterocycles. The fraction of sp³-hybridized carbons (Fsp3) is 0.364. The fourth-order valence-corrected chi connectivity index (χ4v) is 4.47. The molecule has 11 heteroatoms. The second kappa shape index (κ2) is 9.09. The van der Waals surface area contributed by atoms with Gasteiger partial charge in [0, 0.05) is 17.7 Å². The van der Waals surface area contributed by atoms with Crippen LogP contribution in [0.3, 0.4) is 0 Å². The number of nitriles is 1. The van der Waals surface area contributed by atoms with Crippen molar-refractivity contribution in [3.05, 3.63) is 57.3 Å². The Bertz CT molecular complexity index is 1100. The first-order valence-corrected chi connectivity index (χ1v) is 10.6. The van der Waals surface area contributed by atoms with Crippen LogP contribution in [0.2, 0.25) is 0 Å². The summed E-state index contributed by atoms with van der Waals surface area (Å²) < 4.78 is 85.0. The highest BCUT2D eigenvalue weighted by atomic mass is 32.1. The van der Waals surface area contributed by atoms with Crippen LogP contribution in [-0.2, 0) is 10.3 Å². The summed E-state index contributed by atoms with van der Waals surface area (Å²) in [6.45, 7) is 1.50. The number of ether oxygens (including phenoxy) is 1. The molecule has 1 N–H and O–H groups in total. The number of nitrogens with one attached hydrogen (secondary N) is 1. The minimum atomic E-state index is -4.91. The summed E-state index contributed by atoms with van der Waals surface area (Å²) in [5.74, 6) is -1.03. The molecule has 1 aromatic heterocycles. The van der Waals surface area contributed by atoms with Gasteiger partial charge in [-0.05, 0) is 53.6 Å². The first-order valence-electron chi connectivity index (χ1n) is 9.74. The number of amides is 1. The highest BCUT2D eigenvalue weighted by Crippen LogP contribution is 2.49. The molecule has 2 heterocycles. The van der Waals surface area contributed by atoms with Crippen molar-refractivity contribution < 1.29 is 35.9 Å². The number of carbonyl (C=O) groups is 1. The van der Waals surface area contributed by atoms with E-state index in [2.05, 4.69) is 0 Å². The lowest BCUT2D eigenvalue weighted by molar-refractivity contribution is -0.201. The second-order valence-corrected chi connectivity index (χ2v) is 8.49. The Hall–Kier alpha value is -3.00. The molecule has 4 nitrogen and oxygen atoms in total. The van der Waals surface area contributed by atoms with Gasteiger partial charge in [0.2, 0.25) is 0 Å². The molecule has 176 valence electrons. The number of hydrogen-bond donors (Lipinski definition) is 1. The minimum Gasteiger partial charge on any atom is -0.494 e. The molecule has 1 aliphatic rings. The van der Waals surface area contributed by atoms with E-state index in [1.165, 1.54) is 12.1 Å². The third-order valence-electron chi connectivity index (χ3n) is 5.14. The molecule has 0 bridgehead atoms. The van der Waals surface area contributed by atoms with Crippen LogP contribution in [0.1, 0.15) is 35.3 Å². The average molecular weight is 488 g/mol. The van der Waals surface area contributed by atoms with Gasteiger partial charge in [0.1, 0.15) is 17.4 Å². The quantitative estimate of drug-likeness (QED) is 0.399. The Morgan fingerprint density at radius 2 is 1.85 bits per heavy atom. The molecule has 2 aromatic rings. The minimum absolute atomic E-state index is 0.00384. The summed E-state index contributed by atoms with van der Waals surface area (Å²) in [6, 6.07) is 7.97. The molecule has 1 aliphatic heterocycles. The number of halogens is 6. The van der Waals surface area contributed by atoms with E-state index in [1.54, 1.807) is 24.4 Å². The maximum absolute atomic E-state index is 14.4. The van der Waals surface area contributed by atoms with Crippen molar-refractivity contribution in [1.29, 1.82) is 5.26 Å². The van der Waals surface area contributed by atoms with Gasteiger partial charge in [-0.3, -0.25) is 4.79 Å². The third-order valence-corrected chi connectivity index (χ3v) is 6.25. The van der Waals surface area contributed by atoms with Gasteiger partial charge in [-0.2, -0.15) is 31.6 Å². The van der Waals surface area contributed by atoms with E-state index < -0.39 is 36.6 Å². The fourth-order valence-electron chi connectivity index (χ4n) is 3.52. The van der Waals surface area contributed by atoms with Gasteiger partial charge < -0.3 is 10.1 Å². The first kappa shape index (κ1) is 24.6. The zero-order chi connectivity index (χ0) is 24.4. The van der Waals surface area contributed by atoms with E-state index in [-0.39, 0.29) is 35.5 Å². The normalized spacial score (nSPS) is 19.3. The maximum Gasteiger partial charge on any atom is 0.416 e. The number of nitrogens with zero attached hydrogens (tertiary/aromatic N) is 1. The predicted octanol–water partition coefficient (Wildman–Crippen LogP) is 6.03. The van der Waals surface area contributed by atoms with Crippen LogP contribution in [0.15, 0.2) is 41.3 Å². The Labute approximate surface area is 189 Å². The molecule has 0 radical (unpaired) electrons. The summed E-state index contributed by atoms with van der Waals surface area (Å²) in [6.07, 6.45) is -11.2. The lowest BCUT2D eigenvalue weighted by Gasteiger charge is -2.40. The summed E-state index contributed by atoms with van der Waals surface area (Å²) >= 11 is 1.14. The molecule has 3 rings (SSSR count). The summed E-state index contributed by atoms with van der Waals surface area (Å²) in [5, 5.41) is 13.1. The molecule has 33 heavy (non-hydrogen) atoms. The first-order chi connectivity index (χ1) is 15.4. The predicted molar refractivity (Wildman–Crippen MR) is 109 cm³/mol. The van der Waals surface area contributed by atoms with Gasteiger partial charge in [0.05, 0.1) is 6.61 Å². The van der Waals surface area contributed by atoms with Crippen molar-refractivity contribution >= 4 is 22.8 Å². The van der Waals surface area contributed by atoms with Crippen LogP contribution in [0.4, 0.5) is 26.3 Å². The smallest absolute Gasteiger partial charge is 0.416 e. The number of carbonyl (C=O) groups excluding carboxylic acids is 1. The SMILES string of the molecule is Cc1csc(C2=C(C#N)C(=O)N[C@@](c3ccc(OCCCC(F)(F)F)cc3)(C(F)(F)F)C2)c1. The van der Waals surface area contributed by atoms with Crippen LogP contribution in [0.5, 0.6) is 5.75 Å². The second-order valence-electron chi connectivity index (χ2n) is 7.58. The molecule has 0 saturated carbocycles. The topological polar surface area (TPSA) is 62.1 Å². The Kier molecular flexibility index (Phi) is 6.79. The monoisotopic (exact) mass is 488 g/mol. The maximum atomic E-state index is 14.4. The molecule has 0 unspecified atom stereocenters. The van der Waals surface area contributed by atoms with Crippen LogP contribution in [0.25, 0.3) is 5.57 Å². The van der Waals surface area contributed by atoms with Crippen molar-refractivity contribution in [3.63, 3.8) is 0 Å². The van der Waals surface area contributed by atoms with Gasteiger partial charge in [-0.25, -0.2) is 0 Å². The lowest BCUT2D eigenvalue weighted by atomic mass is 9.78. The number of benzene rings is 1. The molecule has 1 atom stereocenters. The number of aryl methyl sites for hydroxylation is 1. The molecule has 1 amide bonds. The Morgan fingerprint density at radius 3 is 2.36 bits per heavy atom. The molecule has 0 spiro atoms. The van der Waals surface area contributed by atoms with Crippen LogP contribution in [-0.4, -0.2) is 24.9 Å². The number of rotatable bonds is 6. The largest absolute Gasteiger partial charge is 0.494 e. The highest BCUT2D eigenvalue weighted by molar-refractivity contribution is 7.11. The number of alkyl halides is 6. The van der Waals surface area contributed by atoms with Gasteiger partial charge in [0.25, 0.3) is 5.91 Å². The van der Waals surface area contributed by atoms with E-state index in [0.717, 1.165) is 29.0 Å². The summed E-state index contributed by atoms with van der Waals surface area (Å²) in [7, 11) is 0. The van der Waals surface area contributed by atoms with Crippen LogP contribution in [0, 0.1) is 18.3 Å². The number of thiophene rings is 1. The molecule has 0 fully saturated rings. The standard InChI is InChI=1S/C22H18F6N2O2S/c1-13-9-18(33-12-13)16-10-20(22(26,27)28,30-19(31)17(16)11-29)14-3-5-15(6-4-14)32-8-2-7-21(23,24)25/h3-6,9,12H,2,7-8,10H2,1H3,(H,30,31)/t20-/m0/s1. The highest BCUT2D eigenvalue weighted by Gasteiger charge is 2.59. The Balaban J connectivity index is 1.92. The van der Waals surface area contributed by atoms with Gasteiger partial charge in [-0.15, -0.1) is 11.3 Å². The molecule has 0 aliphatic carbocycles. The van der Waals surface area contributed by atoms with Crippen LogP contribution >= 0.6 is 11.3 Å². The lowest BCUT2D eigenvalue weighted by Crippen LogP contribution is -2.58. The van der Waals surface area contributed by atoms with E-state index in [9.17, 15) is 36.4 Å². The van der Waals surface area contributed by atoms with Crippen molar-refractivity contribution in [2.45, 2.75) is 44.1 Å². The molecular formula is C22H18F6N2O2S. The van der Waals surface area contributed by atoms with E-state index in [4.69, 9.17) is 4.74 Å².